The second-order valence-corrected chi connectivity index (χ2v) is 11.4. The zero-order valence-corrected chi connectivity index (χ0v) is 22.7. The Kier molecular flexibility index (Phi) is 7.51. The average Bonchev–Trinajstić information content (AvgIpc) is 3.39. The van der Waals surface area contributed by atoms with Gasteiger partial charge in [0.1, 0.15) is 11.3 Å². The molecule has 38 heavy (non-hydrogen) atoms. The first-order valence-corrected chi connectivity index (χ1v) is 14.0. The maximum absolute atomic E-state index is 14.0. The minimum absolute atomic E-state index is 0.183. The van der Waals surface area contributed by atoms with E-state index in [0.717, 1.165) is 54.6 Å². The summed E-state index contributed by atoms with van der Waals surface area (Å²) in [6.07, 6.45) is 6.32. The number of rotatable bonds is 8. The maximum Gasteiger partial charge on any atom is 0.324 e. The SMILES string of the molecule is CCCOc1ccc(C2NC(CC3CCCCC3)(C(=O)O)C3C(=O)N(c4ccc(C)c(Cl)c4)C(=O)C23)cc1. The highest BCUT2D eigenvalue weighted by atomic mass is 35.5. The Morgan fingerprint density at radius 3 is 2.45 bits per heavy atom. The van der Waals surface area contributed by atoms with E-state index in [2.05, 4.69) is 5.32 Å². The van der Waals surface area contributed by atoms with Gasteiger partial charge in [-0.3, -0.25) is 19.7 Å². The van der Waals surface area contributed by atoms with Crippen LogP contribution < -0.4 is 15.0 Å². The lowest BCUT2D eigenvalue weighted by atomic mass is 9.72. The van der Waals surface area contributed by atoms with E-state index < -0.39 is 41.2 Å². The van der Waals surface area contributed by atoms with E-state index in [9.17, 15) is 19.5 Å². The Morgan fingerprint density at radius 1 is 1.11 bits per heavy atom. The van der Waals surface area contributed by atoms with Crippen LogP contribution in [0.25, 0.3) is 0 Å². The van der Waals surface area contributed by atoms with Gasteiger partial charge in [-0.25, -0.2) is 4.90 Å². The molecule has 1 aliphatic carbocycles. The van der Waals surface area contributed by atoms with E-state index in [1.807, 2.05) is 38.1 Å². The van der Waals surface area contributed by atoms with Crippen LogP contribution in [0.4, 0.5) is 5.69 Å². The molecule has 2 N–H and O–H groups in total. The molecule has 3 fully saturated rings. The molecule has 7 nitrogen and oxygen atoms in total. The number of carbonyl (C=O) groups is 3. The lowest BCUT2D eigenvalue weighted by molar-refractivity contribution is -0.150. The van der Waals surface area contributed by atoms with Crippen LogP contribution in [0.1, 0.15) is 69.0 Å². The number of carboxylic acids is 1. The van der Waals surface area contributed by atoms with Gasteiger partial charge in [0.25, 0.3) is 0 Å². The van der Waals surface area contributed by atoms with Gasteiger partial charge in [-0.05, 0) is 61.1 Å². The van der Waals surface area contributed by atoms with Crippen molar-refractivity contribution in [3.63, 3.8) is 0 Å². The number of imide groups is 1. The zero-order chi connectivity index (χ0) is 27.0. The Balaban J connectivity index is 1.57. The fourth-order valence-corrected chi connectivity index (χ4v) is 6.75. The molecule has 2 amide bonds. The van der Waals surface area contributed by atoms with Crippen LogP contribution in [-0.4, -0.2) is 35.0 Å². The average molecular weight is 539 g/mol. The molecule has 1 saturated carbocycles. The molecule has 2 aromatic carbocycles. The summed E-state index contributed by atoms with van der Waals surface area (Å²) in [5, 5.41) is 14.5. The van der Waals surface area contributed by atoms with Gasteiger partial charge in [0.2, 0.25) is 11.8 Å². The van der Waals surface area contributed by atoms with Crippen molar-refractivity contribution in [3.05, 3.63) is 58.6 Å². The van der Waals surface area contributed by atoms with Crippen LogP contribution in [0.3, 0.4) is 0 Å². The number of hydrogen-bond donors (Lipinski definition) is 2. The standard InChI is InChI=1S/C30H35ClN2O5/c1-3-15-38-22-13-10-20(11-14-22)26-24-25(30(32-26,29(36)37)17-19-7-5-4-6-8-19)28(35)33(27(24)34)21-12-9-18(2)23(31)16-21/h9-14,16,19,24-26,32H,3-8,15,17H2,1-2H3,(H,36,37). The first kappa shape index (κ1) is 26.7. The minimum Gasteiger partial charge on any atom is -0.494 e. The molecule has 2 aliphatic heterocycles. The Labute approximate surface area is 228 Å². The number of anilines is 1. The second kappa shape index (κ2) is 10.7. The number of aryl methyl sites for hydroxylation is 1. The summed E-state index contributed by atoms with van der Waals surface area (Å²) in [4.78, 5) is 42.3. The fourth-order valence-electron chi connectivity index (χ4n) is 6.57. The third-order valence-corrected chi connectivity index (χ3v) is 8.90. The van der Waals surface area contributed by atoms with Crippen molar-refractivity contribution in [2.45, 2.75) is 70.4 Å². The summed E-state index contributed by atoms with van der Waals surface area (Å²) in [6.45, 7) is 4.47. The Hall–Kier alpha value is -2.90. The quantitative estimate of drug-likeness (QED) is 0.420. The highest BCUT2D eigenvalue weighted by Crippen LogP contribution is 2.53. The van der Waals surface area contributed by atoms with Gasteiger partial charge in [0.05, 0.1) is 24.1 Å². The van der Waals surface area contributed by atoms with Crippen molar-refractivity contribution in [2.75, 3.05) is 11.5 Å². The first-order valence-electron chi connectivity index (χ1n) is 13.6. The van der Waals surface area contributed by atoms with Crippen molar-refractivity contribution in [1.82, 2.24) is 5.32 Å². The van der Waals surface area contributed by atoms with Gasteiger partial charge in [0, 0.05) is 11.1 Å². The molecular weight excluding hydrogens is 504 g/mol. The van der Waals surface area contributed by atoms with Crippen LogP contribution >= 0.6 is 11.6 Å². The molecular formula is C30H35ClN2O5. The Bertz CT molecular complexity index is 1230. The molecule has 0 bridgehead atoms. The molecule has 3 aliphatic rings. The summed E-state index contributed by atoms with van der Waals surface area (Å²) in [5.41, 5.74) is 0.437. The molecule has 0 spiro atoms. The van der Waals surface area contributed by atoms with Crippen molar-refractivity contribution < 1.29 is 24.2 Å². The van der Waals surface area contributed by atoms with Crippen molar-refractivity contribution in [2.24, 2.45) is 17.8 Å². The number of hydrogen-bond acceptors (Lipinski definition) is 5. The van der Waals surface area contributed by atoms with E-state index in [0.29, 0.717) is 29.5 Å². The third-order valence-electron chi connectivity index (χ3n) is 8.50. The fraction of sp³-hybridized carbons (Fsp3) is 0.500. The van der Waals surface area contributed by atoms with Gasteiger partial charge < -0.3 is 9.84 Å². The first-order chi connectivity index (χ1) is 18.3. The van der Waals surface area contributed by atoms with Crippen LogP contribution in [-0.2, 0) is 14.4 Å². The summed E-state index contributed by atoms with van der Waals surface area (Å²) in [6, 6.07) is 11.8. The lowest BCUT2D eigenvalue weighted by Gasteiger charge is -2.35. The van der Waals surface area contributed by atoms with Gasteiger partial charge >= 0.3 is 5.97 Å². The molecule has 202 valence electrons. The number of amides is 2. The molecule has 2 heterocycles. The molecule has 2 aromatic rings. The van der Waals surface area contributed by atoms with Crippen molar-refractivity contribution >= 4 is 35.1 Å². The summed E-state index contributed by atoms with van der Waals surface area (Å²) in [5.74, 6) is -2.91. The number of carboxylic acid groups (broad SMARTS) is 1. The van der Waals surface area contributed by atoms with Crippen molar-refractivity contribution in [3.8, 4) is 5.75 Å². The highest BCUT2D eigenvalue weighted by Gasteiger charge is 2.68. The van der Waals surface area contributed by atoms with Crippen molar-refractivity contribution in [1.29, 1.82) is 0 Å². The largest absolute Gasteiger partial charge is 0.494 e. The monoisotopic (exact) mass is 538 g/mol. The molecule has 2 saturated heterocycles. The second-order valence-electron chi connectivity index (χ2n) is 11.0. The van der Waals surface area contributed by atoms with Crippen LogP contribution in [0.5, 0.6) is 5.75 Å². The number of nitrogens with zero attached hydrogens (tertiary/aromatic N) is 1. The van der Waals surface area contributed by atoms with Gasteiger partial charge in [-0.1, -0.05) is 68.8 Å². The maximum atomic E-state index is 14.0. The molecule has 8 heteroatoms. The van der Waals surface area contributed by atoms with Crippen LogP contribution in [0.15, 0.2) is 42.5 Å². The molecule has 4 atom stereocenters. The van der Waals surface area contributed by atoms with E-state index in [4.69, 9.17) is 16.3 Å². The number of nitrogens with one attached hydrogen (secondary N) is 1. The number of benzene rings is 2. The number of halogens is 1. The smallest absolute Gasteiger partial charge is 0.324 e. The number of ether oxygens (including phenoxy) is 1. The van der Waals surface area contributed by atoms with E-state index in [1.165, 1.54) is 0 Å². The van der Waals surface area contributed by atoms with E-state index >= 15 is 0 Å². The van der Waals surface area contributed by atoms with Gasteiger partial charge in [0.15, 0.2) is 0 Å². The Morgan fingerprint density at radius 2 is 1.82 bits per heavy atom. The zero-order valence-electron chi connectivity index (χ0n) is 21.9. The summed E-state index contributed by atoms with van der Waals surface area (Å²) < 4.78 is 5.72. The van der Waals surface area contributed by atoms with Gasteiger partial charge in [-0.2, -0.15) is 0 Å². The topological polar surface area (TPSA) is 95.9 Å². The van der Waals surface area contributed by atoms with Crippen LogP contribution in [0, 0.1) is 24.7 Å². The number of fused-ring (bicyclic) bond motifs is 1. The predicted octanol–water partition coefficient (Wildman–Crippen LogP) is 5.68. The molecule has 5 rings (SSSR count). The van der Waals surface area contributed by atoms with E-state index in [1.54, 1.807) is 18.2 Å². The third kappa shape index (κ3) is 4.60. The number of carbonyl (C=O) groups excluding carboxylic acids is 2. The lowest BCUT2D eigenvalue weighted by Crippen LogP contribution is -2.57. The molecule has 4 unspecified atom stereocenters. The summed E-state index contributed by atoms with van der Waals surface area (Å²) >= 11 is 6.35. The van der Waals surface area contributed by atoms with Gasteiger partial charge in [-0.15, -0.1) is 0 Å². The predicted molar refractivity (Wildman–Crippen MR) is 145 cm³/mol. The minimum atomic E-state index is -1.54. The number of aliphatic carboxylic acids is 1. The van der Waals surface area contributed by atoms with E-state index in [-0.39, 0.29) is 5.92 Å². The highest BCUT2D eigenvalue weighted by molar-refractivity contribution is 6.32. The molecule has 0 radical (unpaired) electrons. The molecule has 0 aromatic heterocycles. The summed E-state index contributed by atoms with van der Waals surface area (Å²) in [7, 11) is 0. The van der Waals surface area contributed by atoms with Crippen LogP contribution in [0.2, 0.25) is 5.02 Å². The normalized spacial score (nSPS) is 27.6.